The minimum absolute atomic E-state index is 0.132. The lowest BCUT2D eigenvalue weighted by Crippen LogP contribution is -2.29. The molecule has 0 amide bonds. The topological polar surface area (TPSA) is 49.6 Å². The zero-order chi connectivity index (χ0) is 21.5. The van der Waals surface area contributed by atoms with Crippen LogP contribution in [0.1, 0.15) is 43.7 Å². The van der Waals surface area contributed by atoms with Crippen LogP contribution in [0.4, 0.5) is 15.3 Å². The summed E-state index contributed by atoms with van der Waals surface area (Å²) in [4.78, 5) is 14.1. The fourth-order valence-electron chi connectivity index (χ4n) is 4.91. The van der Waals surface area contributed by atoms with E-state index in [4.69, 9.17) is 10.1 Å². The van der Waals surface area contributed by atoms with Gasteiger partial charge in [0, 0.05) is 25.0 Å². The molecular weight excluding hydrogens is 423 g/mol. The van der Waals surface area contributed by atoms with Gasteiger partial charge in [-0.15, -0.1) is 16.4 Å². The number of hydrogen-bond acceptors (Lipinski definition) is 6. The molecule has 0 aliphatic carbocycles. The lowest BCUT2D eigenvalue weighted by atomic mass is 10.0. The van der Waals surface area contributed by atoms with Crippen LogP contribution in [0.25, 0.3) is 17.0 Å². The Morgan fingerprint density at radius 1 is 1.00 bits per heavy atom. The summed E-state index contributed by atoms with van der Waals surface area (Å²) in [5.74, 6) is 0.692. The molecule has 5 heterocycles. The van der Waals surface area contributed by atoms with Gasteiger partial charge in [-0.2, -0.15) is 0 Å². The second-order valence-electron chi connectivity index (χ2n) is 8.57. The molecule has 0 N–H and O–H groups in total. The fourth-order valence-corrected chi connectivity index (χ4v) is 5.78. The molecule has 6 nitrogen and oxygen atoms in total. The molecule has 32 heavy (non-hydrogen) atoms. The second kappa shape index (κ2) is 8.16. The number of fused-ring (bicyclic) bond motifs is 1. The summed E-state index contributed by atoms with van der Waals surface area (Å²) in [7, 11) is 0. The molecule has 2 saturated heterocycles. The van der Waals surface area contributed by atoms with Crippen molar-refractivity contribution in [2.75, 3.05) is 29.4 Å². The Labute approximate surface area is 190 Å². The number of nitrogens with zero attached hydrogens (tertiary/aromatic N) is 6. The van der Waals surface area contributed by atoms with E-state index >= 15 is 0 Å². The maximum atomic E-state index is 13.8. The zero-order valence-electron chi connectivity index (χ0n) is 17.8. The Kier molecular flexibility index (Phi) is 5.02. The highest BCUT2D eigenvalue weighted by Gasteiger charge is 2.28. The smallest absolute Gasteiger partial charge is 0.185 e. The molecule has 164 valence electrons. The molecule has 4 aromatic rings. The van der Waals surface area contributed by atoms with Gasteiger partial charge in [-0.05, 0) is 61.9 Å². The molecule has 0 saturated carbocycles. The molecule has 3 aromatic heterocycles. The average Bonchev–Trinajstić information content (AvgIpc) is 3.58. The first-order chi connectivity index (χ1) is 15.8. The van der Waals surface area contributed by atoms with Crippen LogP contribution in [0.2, 0.25) is 0 Å². The van der Waals surface area contributed by atoms with Gasteiger partial charge in [-0.3, -0.25) is 0 Å². The first-order valence-electron chi connectivity index (χ1n) is 11.3. The van der Waals surface area contributed by atoms with Crippen LogP contribution in [-0.2, 0) is 0 Å². The molecule has 2 fully saturated rings. The summed E-state index contributed by atoms with van der Waals surface area (Å²) in [6.07, 6.45) is 7.68. The number of rotatable bonds is 4. The van der Waals surface area contributed by atoms with Crippen LogP contribution in [0.15, 0.2) is 48.0 Å². The standard InChI is InChI=1S/C24H25FN6S/c25-18-7-4-6-17(14-18)20-8-5-13-30(20)23-10-9-22-26-15-21(31(22)28-23)19-16-32-24(27-19)29-11-2-1-3-12-29/h4,6-7,9-10,14-16,20H,1-3,5,8,11-13H2. The van der Waals surface area contributed by atoms with Crippen molar-refractivity contribution in [3.63, 3.8) is 0 Å². The Bertz CT molecular complexity index is 1240. The van der Waals surface area contributed by atoms with Crippen LogP contribution < -0.4 is 9.80 Å². The molecule has 1 unspecified atom stereocenters. The number of thiazole rings is 1. The van der Waals surface area contributed by atoms with E-state index in [1.807, 2.05) is 28.9 Å². The Hall–Kier alpha value is -3.00. The van der Waals surface area contributed by atoms with E-state index in [-0.39, 0.29) is 11.9 Å². The minimum Gasteiger partial charge on any atom is -0.348 e. The predicted molar refractivity (Wildman–Crippen MR) is 126 cm³/mol. The summed E-state index contributed by atoms with van der Waals surface area (Å²) in [6.45, 7) is 3.07. The number of benzene rings is 1. The van der Waals surface area contributed by atoms with Gasteiger partial charge in [0.25, 0.3) is 0 Å². The quantitative estimate of drug-likeness (QED) is 0.423. The highest BCUT2D eigenvalue weighted by atomic mass is 32.1. The highest BCUT2D eigenvalue weighted by Crippen LogP contribution is 2.36. The monoisotopic (exact) mass is 448 g/mol. The molecule has 0 spiro atoms. The lowest BCUT2D eigenvalue weighted by molar-refractivity contribution is 0.577. The van der Waals surface area contributed by atoms with Crippen molar-refractivity contribution in [1.82, 2.24) is 19.6 Å². The second-order valence-corrected chi connectivity index (χ2v) is 9.41. The van der Waals surface area contributed by atoms with Crippen molar-refractivity contribution in [3.05, 3.63) is 59.4 Å². The summed E-state index contributed by atoms with van der Waals surface area (Å²) in [5, 5.41) is 8.14. The molecule has 1 atom stereocenters. The van der Waals surface area contributed by atoms with Gasteiger partial charge in [0.05, 0.1) is 12.2 Å². The van der Waals surface area contributed by atoms with Crippen molar-refractivity contribution in [3.8, 4) is 11.4 Å². The van der Waals surface area contributed by atoms with Gasteiger partial charge in [-0.1, -0.05) is 12.1 Å². The minimum atomic E-state index is -0.192. The van der Waals surface area contributed by atoms with Crippen molar-refractivity contribution in [2.45, 2.75) is 38.1 Å². The molecule has 2 aliphatic heterocycles. The van der Waals surface area contributed by atoms with Crippen molar-refractivity contribution in [2.24, 2.45) is 0 Å². The van der Waals surface area contributed by atoms with Gasteiger partial charge in [0.1, 0.15) is 23.0 Å². The number of aromatic nitrogens is 4. The Morgan fingerprint density at radius 3 is 2.78 bits per heavy atom. The maximum Gasteiger partial charge on any atom is 0.185 e. The van der Waals surface area contributed by atoms with Crippen molar-refractivity contribution in [1.29, 1.82) is 0 Å². The van der Waals surface area contributed by atoms with Crippen LogP contribution >= 0.6 is 11.3 Å². The number of hydrogen-bond donors (Lipinski definition) is 0. The van der Waals surface area contributed by atoms with Gasteiger partial charge in [0.15, 0.2) is 10.8 Å². The van der Waals surface area contributed by atoms with E-state index in [9.17, 15) is 4.39 Å². The average molecular weight is 449 g/mol. The van der Waals surface area contributed by atoms with Crippen molar-refractivity contribution < 1.29 is 4.39 Å². The third-order valence-electron chi connectivity index (χ3n) is 6.51. The van der Waals surface area contributed by atoms with E-state index in [0.29, 0.717) is 0 Å². The SMILES string of the molecule is Fc1cccc(C2CCCN2c2ccc3ncc(-c4csc(N5CCCCC5)n4)n3n2)c1. The number of imidazole rings is 1. The predicted octanol–water partition coefficient (Wildman–Crippen LogP) is 5.32. The first-order valence-corrected chi connectivity index (χ1v) is 12.2. The van der Waals surface area contributed by atoms with Gasteiger partial charge in [-0.25, -0.2) is 18.9 Å². The van der Waals surface area contributed by atoms with Gasteiger partial charge < -0.3 is 9.80 Å². The maximum absolute atomic E-state index is 13.8. The normalized spacial score (nSPS) is 19.2. The Morgan fingerprint density at radius 2 is 1.91 bits per heavy atom. The van der Waals surface area contributed by atoms with E-state index in [1.54, 1.807) is 23.5 Å². The number of piperidine rings is 1. The van der Waals surface area contributed by atoms with E-state index in [2.05, 4.69) is 20.2 Å². The van der Waals surface area contributed by atoms with Crippen LogP contribution in [-0.4, -0.2) is 39.2 Å². The molecule has 0 radical (unpaired) electrons. The Balaban J connectivity index is 1.33. The molecule has 6 rings (SSSR count). The van der Waals surface area contributed by atoms with Crippen LogP contribution in [0.3, 0.4) is 0 Å². The first kappa shape index (κ1) is 19.7. The lowest BCUT2D eigenvalue weighted by Gasteiger charge is -2.26. The third-order valence-corrected chi connectivity index (χ3v) is 7.41. The van der Waals surface area contributed by atoms with E-state index < -0.39 is 0 Å². The van der Waals surface area contributed by atoms with Gasteiger partial charge in [0.2, 0.25) is 0 Å². The fraction of sp³-hybridized carbons (Fsp3) is 0.375. The molecule has 1 aromatic carbocycles. The third kappa shape index (κ3) is 3.52. The summed E-state index contributed by atoms with van der Waals surface area (Å²) >= 11 is 1.69. The molecule has 0 bridgehead atoms. The van der Waals surface area contributed by atoms with Crippen LogP contribution in [0, 0.1) is 5.82 Å². The molecular formula is C24H25FN6S. The number of halogens is 1. The van der Waals surface area contributed by atoms with Gasteiger partial charge >= 0.3 is 0 Å². The highest BCUT2D eigenvalue weighted by molar-refractivity contribution is 7.14. The largest absolute Gasteiger partial charge is 0.348 e. The van der Waals surface area contributed by atoms with E-state index in [0.717, 1.165) is 66.0 Å². The van der Waals surface area contributed by atoms with Crippen molar-refractivity contribution >= 4 is 27.9 Å². The zero-order valence-corrected chi connectivity index (χ0v) is 18.6. The number of anilines is 2. The summed E-state index contributed by atoms with van der Waals surface area (Å²) < 4.78 is 15.7. The molecule has 8 heteroatoms. The summed E-state index contributed by atoms with van der Waals surface area (Å²) in [6, 6.07) is 11.1. The summed E-state index contributed by atoms with van der Waals surface area (Å²) in [5.41, 5.74) is 3.62. The van der Waals surface area contributed by atoms with Crippen LogP contribution in [0.5, 0.6) is 0 Å². The molecule has 2 aliphatic rings. The van der Waals surface area contributed by atoms with E-state index in [1.165, 1.54) is 25.3 Å².